The zero-order valence-corrected chi connectivity index (χ0v) is 14.5. The molecule has 0 saturated heterocycles. The van der Waals surface area contributed by atoms with Crippen molar-refractivity contribution < 1.29 is 4.74 Å². The Morgan fingerprint density at radius 3 is 3.04 bits per heavy atom. The fraction of sp³-hybridized carbons (Fsp3) is 0.375. The number of ether oxygens (including phenoxy) is 1. The van der Waals surface area contributed by atoms with Gasteiger partial charge in [0.1, 0.15) is 6.10 Å². The van der Waals surface area contributed by atoms with Crippen LogP contribution in [0.4, 0.5) is 11.1 Å². The summed E-state index contributed by atoms with van der Waals surface area (Å²) in [6, 6.07) is 1.86. The van der Waals surface area contributed by atoms with E-state index in [9.17, 15) is 0 Å². The molecule has 0 bridgehead atoms. The van der Waals surface area contributed by atoms with Gasteiger partial charge < -0.3 is 10.1 Å². The van der Waals surface area contributed by atoms with Crippen molar-refractivity contribution in [3.63, 3.8) is 0 Å². The maximum atomic E-state index is 6.10. The Morgan fingerprint density at radius 2 is 2.25 bits per heavy atom. The van der Waals surface area contributed by atoms with Gasteiger partial charge in [-0.15, -0.1) is 0 Å². The van der Waals surface area contributed by atoms with Crippen molar-refractivity contribution in [2.24, 2.45) is 5.92 Å². The van der Waals surface area contributed by atoms with Gasteiger partial charge in [0.2, 0.25) is 5.95 Å². The topological polar surface area (TPSA) is 88.6 Å². The third-order valence-corrected chi connectivity index (χ3v) is 4.86. The minimum atomic E-state index is 0.000385. The highest BCUT2D eigenvalue weighted by molar-refractivity contribution is 7.16. The number of fused-ring (bicyclic) bond motifs is 3. The largest absolute Gasteiger partial charge is 0.366 e. The lowest BCUT2D eigenvalue weighted by Gasteiger charge is -2.18. The number of thiazole rings is 1. The second-order valence-electron chi connectivity index (χ2n) is 6.11. The van der Waals surface area contributed by atoms with Gasteiger partial charge in [-0.25, -0.2) is 15.0 Å². The molecule has 0 spiro atoms. The molecule has 24 heavy (non-hydrogen) atoms. The number of aryl methyl sites for hydroxylation is 1. The van der Waals surface area contributed by atoms with Gasteiger partial charge in [0.05, 0.1) is 29.1 Å². The Kier molecular flexibility index (Phi) is 3.78. The summed E-state index contributed by atoms with van der Waals surface area (Å²) < 4.78 is 6.10. The van der Waals surface area contributed by atoms with E-state index < -0.39 is 0 Å². The summed E-state index contributed by atoms with van der Waals surface area (Å²) >= 11 is 1.56. The van der Waals surface area contributed by atoms with E-state index in [1.165, 1.54) is 0 Å². The standard InChI is InChI=1S/C16H18N6OS/c1-8(2)14-13-10(6-18-22-13)12-11(7-23-14)24-16(20-12)21-15-17-5-4-9(3)19-15/h4-6,8,14H,7H2,1-3H3,(H,18,22)(H,17,19,20,21). The zero-order valence-electron chi connectivity index (χ0n) is 13.7. The Bertz CT molecular complexity index is 871. The van der Waals surface area contributed by atoms with Crippen molar-refractivity contribution in [2.45, 2.75) is 33.5 Å². The molecule has 3 aromatic rings. The van der Waals surface area contributed by atoms with Crippen LogP contribution in [0.5, 0.6) is 0 Å². The second-order valence-corrected chi connectivity index (χ2v) is 7.19. The fourth-order valence-electron chi connectivity index (χ4n) is 2.79. The molecule has 1 aliphatic rings. The monoisotopic (exact) mass is 342 g/mol. The lowest BCUT2D eigenvalue weighted by molar-refractivity contribution is 0.00968. The number of nitrogens with zero attached hydrogens (tertiary/aromatic N) is 4. The minimum absolute atomic E-state index is 0.000385. The lowest BCUT2D eigenvalue weighted by Crippen LogP contribution is -2.10. The van der Waals surface area contributed by atoms with E-state index in [1.807, 2.05) is 19.2 Å². The number of nitrogens with one attached hydrogen (secondary N) is 2. The lowest BCUT2D eigenvalue weighted by atomic mass is 10.0. The molecule has 0 aliphatic carbocycles. The number of aromatic amines is 1. The molecule has 0 saturated carbocycles. The summed E-state index contributed by atoms with van der Waals surface area (Å²) in [4.78, 5) is 14.4. The van der Waals surface area contributed by atoms with Crippen LogP contribution in [-0.2, 0) is 11.3 Å². The average molecular weight is 342 g/mol. The third kappa shape index (κ3) is 2.67. The van der Waals surface area contributed by atoms with Gasteiger partial charge in [-0.05, 0) is 18.9 Å². The molecule has 2 N–H and O–H groups in total. The molecule has 0 fully saturated rings. The van der Waals surface area contributed by atoms with Gasteiger partial charge in [0, 0.05) is 17.5 Å². The van der Waals surface area contributed by atoms with Crippen molar-refractivity contribution in [3.8, 4) is 11.3 Å². The first kappa shape index (κ1) is 15.2. The van der Waals surface area contributed by atoms with E-state index in [-0.39, 0.29) is 6.10 Å². The molecule has 124 valence electrons. The average Bonchev–Trinajstić information content (AvgIpc) is 3.12. The van der Waals surface area contributed by atoms with Crippen molar-refractivity contribution in [2.75, 3.05) is 5.32 Å². The zero-order chi connectivity index (χ0) is 16.7. The minimum Gasteiger partial charge on any atom is -0.366 e. The molecule has 0 radical (unpaired) electrons. The van der Waals surface area contributed by atoms with E-state index in [1.54, 1.807) is 17.5 Å². The fourth-order valence-corrected chi connectivity index (χ4v) is 3.69. The molecule has 0 amide bonds. The molecule has 1 aliphatic heterocycles. The Balaban J connectivity index is 1.70. The summed E-state index contributed by atoms with van der Waals surface area (Å²) in [6.07, 6.45) is 3.55. The van der Waals surface area contributed by atoms with Crippen molar-refractivity contribution in [3.05, 3.63) is 34.7 Å². The molecule has 3 aromatic heterocycles. The normalized spacial score (nSPS) is 16.6. The van der Waals surface area contributed by atoms with E-state index in [0.717, 1.165) is 32.7 Å². The Labute approximate surface area is 143 Å². The van der Waals surface area contributed by atoms with Crippen LogP contribution in [0.15, 0.2) is 18.5 Å². The number of hydrogen-bond acceptors (Lipinski definition) is 7. The predicted molar refractivity (Wildman–Crippen MR) is 92.1 cm³/mol. The van der Waals surface area contributed by atoms with Gasteiger partial charge in [-0.1, -0.05) is 25.2 Å². The van der Waals surface area contributed by atoms with Crippen LogP contribution >= 0.6 is 11.3 Å². The van der Waals surface area contributed by atoms with Gasteiger partial charge >= 0.3 is 0 Å². The first-order chi connectivity index (χ1) is 11.6. The van der Waals surface area contributed by atoms with Gasteiger partial charge in [0.25, 0.3) is 0 Å². The van der Waals surface area contributed by atoms with E-state index in [0.29, 0.717) is 18.5 Å². The molecule has 8 heteroatoms. The van der Waals surface area contributed by atoms with E-state index in [2.05, 4.69) is 39.3 Å². The number of aromatic nitrogens is 5. The molecule has 7 nitrogen and oxygen atoms in total. The van der Waals surface area contributed by atoms with Gasteiger partial charge in [-0.3, -0.25) is 5.10 Å². The van der Waals surface area contributed by atoms with Crippen LogP contribution in [0, 0.1) is 12.8 Å². The van der Waals surface area contributed by atoms with Crippen LogP contribution in [0.25, 0.3) is 11.3 Å². The number of hydrogen-bond donors (Lipinski definition) is 2. The predicted octanol–water partition coefficient (Wildman–Crippen LogP) is 3.60. The second kappa shape index (κ2) is 5.95. The first-order valence-corrected chi connectivity index (χ1v) is 8.65. The van der Waals surface area contributed by atoms with Crippen molar-refractivity contribution >= 4 is 22.4 Å². The summed E-state index contributed by atoms with van der Waals surface area (Å²) in [6.45, 7) is 6.75. The number of anilines is 2. The number of H-pyrrole nitrogens is 1. The van der Waals surface area contributed by atoms with Crippen LogP contribution in [0.1, 0.15) is 36.2 Å². The summed E-state index contributed by atoms with van der Waals surface area (Å²) in [5.74, 6) is 0.906. The van der Waals surface area contributed by atoms with Crippen LogP contribution in [0.3, 0.4) is 0 Å². The van der Waals surface area contributed by atoms with Crippen LogP contribution < -0.4 is 5.32 Å². The smallest absolute Gasteiger partial charge is 0.229 e. The number of rotatable bonds is 3. The third-order valence-electron chi connectivity index (χ3n) is 3.92. The summed E-state index contributed by atoms with van der Waals surface area (Å²) in [7, 11) is 0. The molecule has 0 aromatic carbocycles. The Hall–Kier alpha value is -2.32. The van der Waals surface area contributed by atoms with Crippen LogP contribution in [-0.4, -0.2) is 25.1 Å². The van der Waals surface area contributed by atoms with Gasteiger partial charge in [-0.2, -0.15) is 5.10 Å². The van der Waals surface area contributed by atoms with Crippen molar-refractivity contribution in [1.82, 2.24) is 25.1 Å². The molecule has 4 heterocycles. The van der Waals surface area contributed by atoms with Gasteiger partial charge in [0.15, 0.2) is 5.13 Å². The maximum absolute atomic E-state index is 6.10. The summed E-state index contributed by atoms with van der Waals surface area (Å²) in [5, 5.41) is 11.2. The molecular formula is C16H18N6OS. The SMILES string of the molecule is Cc1ccnc(Nc2nc3c(s2)COC(C(C)C)c2[nH]ncc2-3)n1. The van der Waals surface area contributed by atoms with E-state index >= 15 is 0 Å². The first-order valence-electron chi connectivity index (χ1n) is 7.83. The highest BCUT2D eigenvalue weighted by Crippen LogP contribution is 2.41. The Morgan fingerprint density at radius 1 is 1.38 bits per heavy atom. The van der Waals surface area contributed by atoms with E-state index in [4.69, 9.17) is 9.72 Å². The van der Waals surface area contributed by atoms with Crippen LogP contribution in [0.2, 0.25) is 0 Å². The quantitative estimate of drug-likeness (QED) is 0.756. The summed E-state index contributed by atoms with van der Waals surface area (Å²) in [5.41, 5.74) is 3.83. The molecule has 1 atom stereocenters. The molecule has 4 rings (SSSR count). The highest BCUT2D eigenvalue weighted by Gasteiger charge is 2.29. The maximum Gasteiger partial charge on any atom is 0.229 e. The highest BCUT2D eigenvalue weighted by atomic mass is 32.1. The molecular weight excluding hydrogens is 324 g/mol. The molecule has 1 unspecified atom stereocenters. The van der Waals surface area contributed by atoms with Crippen molar-refractivity contribution in [1.29, 1.82) is 0 Å².